The minimum absolute atomic E-state index is 0.160. The summed E-state index contributed by atoms with van der Waals surface area (Å²) in [6, 6.07) is 0. The summed E-state index contributed by atoms with van der Waals surface area (Å²) in [7, 11) is 0. The molecule has 0 heterocycles. The van der Waals surface area contributed by atoms with Crippen LogP contribution in [-0.2, 0) is 14.3 Å². The number of ether oxygens (including phenoxy) is 1. The van der Waals surface area contributed by atoms with Crippen molar-refractivity contribution in [2.75, 3.05) is 0 Å². The third kappa shape index (κ3) is 2.37. The number of fused-ring (bicyclic) bond motifs is 5. The molecular formula is C21H32O3. The van der Waals surface area contributed by atoms with Crippen LogP contribution in [0.5, 0.6) is 0 Å². The van der Waals surface area contributed by atoms with Gasteiger partial charge < -0.3 is 4.74 Å². The lowest BCUT2D eigenvalue weighted by Crippen LogP contribution is -2.55. The minimum Gasteiger partial charge on any atom is -0.455 e. The van der Waals surface area contributed by atoms with Crippen molar-refractivity contribution < 1.29 is 14.3 Å². The molecule has 0 saturated heterocycles. The number of esters is 1. The molecule has 4 aliphatic carbocycles. The predicted octanol–water partition coefficient (Wildman–Crippen LogP) is 4.53. The fraction of sp³-hybridized carbons (Fsp3) is 0.905. The molecule has 0 aromatic carbocycles. The van der Waals surface area contributed by atoms with E-state index in [1.807, 2.05) is 0 Å². The molecule has 0 aromatic heterocycles. The first-order valence-electron chi connectivity index (χ1n) is 10.0. The predicted molar refractivity (Wildman–Crippen MR) is 92.3 cm³/mol. The highest BCUT2D eigenvalue weighted by Gasteiger charge is 2.59. The van der Waals surface area contributed by atoms with E-state index in [1.165, 1.54) is 51.9 Å². The number of hydrogen-bond acceptors (Lipinski definition) is 3. The minimum atomic E-state index is -0.487. The van der Waals surface area contributed by atoms with Gasteiger partial charge in [-0.15, -0.1) is 0 Å². The van der Waals surface area contributed by atoms with E-state index in [0.717, 1.165) is 24.2 Å². The van der Waals surface area contributed by atoms with Gasteiger partial charge in [-0.1, -0.05) is 20.3 Å². The van der Waals surface area contributed by atoms with E-state index in [2.05, 4.69) is 13.8 Å². The summed E-state index contributed by atoms with van der Waals surface area (Å²) in [5, 5.41) is 0. The van der Waals surface area contributed by atoms with Gasteiger partial charge in [0.05, 0.1) is 0 Å². The summed E-state index contributed by atoms with van der Waals surface area (Å²) in [5.41, 5.74) is 0.755. The van der Waals surface area contributed by atoms with Crippen LogP contribution in [0.15, 0.2) is 0 Å². The average molecular weight is 332 g/mol. The first-order chi connectivity index (χ1) is 11.3. The summed E-state index contributed by atoms with van der Waals surface area (Å²) in [6.07, 6.45) is 10.3. The number of rotatable bonds is 1. The van der Waals surface area contributed by atoms with E-state index in [-0.39, 0.29) is 17.2 Å². The molecule has 0 spiro atoms. The highest BCUT2D eigenvalue weighted by molar-refractivity contribution is 5.86. The molecular weight excluding hydrogens is 300 g/mol. The Bertz CT molecular complexity index is 555. The first kappa shape index (κ1) is 16.6. The standard InChI is InChI=1S/C21H32O3/c1-13(22)24-19-12-21(3)14(11-18(19)23)6-7-15-16-5-4-9-20(16,2)10-8-17(15)21/h14-17,19H,4-12H2,1-3H3/t14-,15-,16+,17+,19+,20-,21-/m0/s1. The molecule has 4 aliphatic rings. The van der Waals surface area contributed by atoms with Crippen LogP contribution in [0.2, 0.25) is 0 Å². The van der Waals surface area contributed by atoms with Crippen molar-refractivity contribution in [3.8, 4) is 0 Å². The van der Waals surface area contributed by atoms with Gasteiger partial charge in [-0.2, -0.15) is 0 Å². The third-order valence-electron chi connectivity index (χ3n) is 8.59. The van der Waals surface area contributed by atoms with Crippen molar-refractivity contribution in [3.05, 3.63) is 0 Å². The van der Waals surface area contributed by atoms with E-state index in [1.54, 1.807) is 0 Å². The molecule has 0 amide bonds. The molecule has 7 atom stereocenters. The van der Waals surface area contributed by atoms with Gasteiger partial charge in [0.15, 0.2) is 11.9 Å². The van der Waals surface area contributed by atoms with Crippen molar-refractivity contribution in [2.45, 2.75) is 84.7 Å². The van der Waals surface area contributed by atoms with Crippen LogP contribution in [0.4, 0.5) is 0 Å². The summed E-state index contributed by atoms with van der Waals surface area (Å²) in [5.74, 6) is 2.79. The second kappa shape index (κ2) is 5.57. The Morgan fingerprint density at radius 2 is 1.88 bits per heavy atom. The second-order valence-corrected chi connectivity index (χ2v) is 9.71. The molecule has 24 heavy (non-hydrogen) atoms. The first-order valence-corrected chi connectivity index (χ1v) is 10.0. The molecule has 0 aliphatic heterocycles. The summed E-state index contributed by atoms with van der Waals surface area (Å²) >= 11 is 0. The van der Waals surface area contributed by atoms with E-state index >= 15 is 0 Å². The molecule has 0 bridgehead atoms. The monoisotopic (exact) mass is 332 g/mol. The Hall–Kier alpha value is -0.860. The molecule has 0 N–H and O–H groups in total. The number of Topliss-reactive ketones (excluding diaryl/α,β-unsaturated/α-hetero) is 1. The third-order valence-corrected chi connectivity index (χ3v) is 8.59. The van der Waals surface area contributed by atoms with Gasteiger partial charge in [-0.3, -0.25) is 9.59 Å². The smallest absolute Gasteiger partial charge is 0.303 e. The number of ketones is 1. The molecule has 0 radical (unpaired) electrons. The van der Waals surface area contributed by atoms with Gasteiger partial charge in [-0.25, -0.2) is 0 Å². The molecule has 3 nitrogen and oxygen atoms in total. The summed E-state index contributed by atoms with van der Waals surface area (Å²) < 4.78 is 5.42. The van der Waals surface area contributed by atoms with Crippen molar-refractivity contribution in [3.63, 3.8) is 0 Å². The van der Waals surface area contributed by atoms with Gasteiger partial charge in [0, 0.05) is 13.3 Å². The molecule has 0 unspecified atom stereocenters. The molecule has 4 saturated carbocycles. The molecule has 3 heteroatoms. The quantitative estimate of drug-likeness (QED) is 0.663. The SMILES string of the molecule is CC(=O)O[C@@H]1C[C@@]2(C)[C@@H](CC[C@H]3[C@H]4CCC[C@@]4(C)CC[C@H]32)CC1=O. The highest BCUT2D eigenvalue weighted by Crippen LogP contribution is 2.66. The van der Waals surface area contributed by atoms with Gasteiger partial charge in [0.25, 0.3) is 0 Å². The number of carbonyl (C=O) groups is 2. The van der Waals surface area contributed by atoms with Crippen LogP contribution in [0.1, 0.15) is 78.6 Å². The molecule has 0 aromatic rings. The Labute approximate surface area is 145 Å². The molecule has 4 fully saturated rings. The Balaban J connectivity index is 1.61. The maximum absolute atomic E-state index is 12.4. The van der Waals surface area contributed by atoms with Crippen LogP contribution in [0, 0.1) is 34.5 Å². The zero-order valence-electron chi connectivity index (χ0n) is 15.5. The lowest BCUT2D eigenvalue weighted by Gasteiger charge is -2.60. The lowest BCUT2D eigenvalue weighted by atomic mass is 9.45. The second-order valence-electron chi connectivity index (χ2n) is 9.71. The van der Waals surface area contributed by atoms with E-state index in [0.29, 0.717) is 17.8 Å². The number of carbonyl (C=O) groups excluding carboxylic acids is 2. The van der Waals surface area contributed by atoms with Gasteiger partial charge in [0.1, 0.15) is 0 Å². The normalized spacial score (nSPS) is 50.6. The average Bonchev–Trinajstić information content (AvgIpc) is 2.90. The van der Waals surface area contributed by atoms with Crippen molar-refractivity contribution in [2.24, 2.45) is 34.5 Å². The maximum atomic E-state index is 12.4. The highest BCUT2D eigenvalue weighted by atomic mass is 16.5. The molecule has 4 rings (SSSR count). The van der Waals surface area contributed by atoms with Crippen LogP contribution in [0.25, 0.3) is 0 Å². The fourth-order valence-corrected chi connectivity index (χ4v) is 7.38. The topological polar surface area (TPSA) is 43.4 Å². The summed E-state index contributed by atoms with van der Waals surface area (Å²) in [4.78, 5) is 23.9. The van der Waals surface area contributed by atoms with Crippen LogP contribution < -0.4 is 0 Å². The van der Waals surface area contributed by atoms with Gasteiger partial charge in [0.2, 0.25) is 0 Å². The van der Waals surface area contributed by atoms with Crippen LogP contribution in [0.3, 0.4) is 0 Å². The zero-order chi connectivity index (χ0) is 17.1. The van der Waals surface area contributed by atoms with Crippen LogP contribution in [-0.4, -0.2) is 17.9 Å². The Morgan fingerprint density at radius 3 is 2.62 bits per heavy atom. The van der Waals surface area contributed by atoms with Gasteiger partial charge >= 0.3 is 5.97 Å². The molecule has 134 valence electrons. The Morgan fingerprint density at radius 1 is 1.08 bits per heavy atom. The Kier molecular flexibility index (Phi) is 3.85. The van der Waals surface area contributed by atoms with Crippen molar-refractivity contribution in [1.82, 2.24) is 0 Å². The van der Waals surface area contributed by atoms with Crippen LogP contribution >= 0.6 is 0 Å². The van der Waals surface area contributed by atoms with Crippen molar-refractivity contribution in [1.29, 1.82) is 0 Å². The van der Waals surface area contributed by atoms with E-state index in [9.17, 15) is 9.59 Å². The lowest BCUT2D eigenvalue weighted by molar-refractivity contribution is -0.170. The summed E-state index contributed by atoms with van der Waals surface area (Å²) in [6.45, 7) is 6.37. The fourth-order valence-electron chi connectivity index (χ4n) is 7.38. The van der Waals surface area contributed by atoms with Crippen molar-refractivity contribution >= 4 is 11.8 Å². The van der Waals surface area contributed by atoms with E-state index in [4.69, 9.17) is 4.74 Å². The largest absolute Gasteiger partial charge is 0.455 e. The van der Waals surface area contributed by atoms with E-state index < -0.39 is 6.10 Å². The maximum Gasteiger partial charge on any atom is 0.303 e. The number of hydrogen-bond donors (Lipinski definition) is 0. The zero-order valence-corrected chi connectivity index (χ0v) is 15.5. The van der Waals surface area contributed by atoms with Gasteiger partial charge in [-0.05, 0) is 79.4 Å².